The SMILES string of the molecule is CC1(C)CCN(C(CN)c2cc(Cl)ccc2F)C1. The average molecular weight is 271 g/mol. The molecule has 1 aliphatic rings. The number of hydrogen-bond donors (Lipinski definition) is 1. The van der Waals surface area contributed by atoms with Crippen LogP contribution in [0, 0.1) is 11.2 Å². The number of nitrogens with two attached hydrogens (primary N) is 1. The zero-order valence-corrected chi connectivity index (χ0v) is 11.7. The molecule has 2 nitrogen and oxygen atoms in total. The molecule has 1 aromatic rings. The predicted octanol–water partition coefficient (Wildman–Crippen LogP) is 3.21. The molecule has 0 bridgehead atoms. The number of rotatable bonds is 3. The first-order valence-corrected chi connectivity index (χ1v) is 6.70. The standard InChI is InChI=1S/C14H20ClFN2/c1-14(2)5-6-18(9-14)13(8-17)11-7-10(15)3-4-12(11)16/h3-4,7,13H,5-6,8-9,17H2,1-2H3. The van der Waals surface area contributed by atoms with Crippen molar-refractivity contribution in [2.45, 2.75) is 26.3 Å². The third kappa shape index (κ3) is 2.85. The van der Waals surface area contributed by atoms with Gasteiger partial charge in [-0.1, -0.05) is 25.4 Å². The van der Waals surface area contributed by atoms with Gasteiger partial charge in [0.25, 0.3) is 0 Å². The van der Waals surface area contributed by atoms with Gasteiger partial charge < -0.3 is 5.73 Å². The lowest BCUT2D eigenvalue weighted by Crippen LogP contribution is -2.33. The number of nitrogens with zero attached hydrogens (tertiary/aromatic N) is 1. The normalized spacial score (nSPS) is 21.2. The Hall–Kier alpha value is -0.640. The van der Waals surface area contributed by atoms with Crippen LogP contribution in [0.4, 0.5) is 4.39 Å². The molecule has 1 fully saturated rings. The molecule has 100 valence electrons. The van der Waals surface area contributed by atoms with Crippen LogP contribution in [0.5, 0.6) is 0 Å². The summed E-state index contributed by atoms with van der Waals surface area (Å²) in [5.74, 6) is -0.223. The minimum Gasteiger partial charge on any atom is -0.329 e. The molecule has 18 heavy (non-hydrogen) atoms. The van der Waals surface area contributed by atoms with Crippen molar-refractivity contribution in [2.24, 2.45) is 11.1 Å². The van der Waals surface area contributed by atoms with Crippen LogP contribution in [-0.4, -0.2) is 24.5 Å². The van der Waals surface area contributed by atoms with Crippen LogP contribution < -0.4 is 5.73 Å². The number of benzene rings is 1. The summed E-state index contributed by atoms with van der Waals surface area (Å²) in [6.07, 6.45) is 1.12. The van der Waals surface area contributed by atoms with Crippen molar-refractivity contribution >= 4 is 11.6 Å². The number of likely N-dealkylation sites (tertiary alicyclic amines) is 1. The number of halogens is 2. The third-order valence-corrected chi connectivity index (χ3v) is 3.92. The van der Waals surface area contributed by atoms with E-state index >= 15 is 0 Å². The molecule has 0 radical (unpaired) electrons. The van der Waals surface area contributed by atoms with Gasteiger partial charge in [-0.2, -0.15) is 0 Å². The maximum atomic E-state index is 13.9. The van der Waals surface area contributed by atoms with Crippen molar-refractivity contribution in [3.8, 4) is 0 Å². The summed E-state index contributed by atoms with van der Waals surface area (Å²) in [6.45, 7) is 6.78. The van der Waals surface area contributed by atoms with Crippen molar-refractivity contribution in [1.82, 2.24) is 4.90 Å². The Bertz CT molecular complexity index is 434. The van der Waals surface area contributed by atoms with Gasteiger partial charge in [0.05, 0.1) is 0 Å². The summed E-state index contributed by atoms with van der Waals surface area (Å²) in [5, 5.41) is 0.559. The van der Waals surface area contributed by atoms with Gasteiger partial charge in [0.15, 0.2) is 0 Å². The molecule has 1 saturated heterocycles. The van der Waals surface area contributed by atoms with Crippen molar-refractivity contribution in [1.29, 1.82) is 0 Å². The van der Waals surface area contributed by atoms with E-state index in [2.05, 4.69) is 18.7 Å². The highest BCUT2D eigenvalue weighted by molar-refractivity contribution is 6.30. The molecular weight excluding hydrogens is 251 g/mol. The molecule has 1 heterocycles. The molecule has 4 heteroatoms. The summed E-state index contributed by atoms with van der Waals surface area (Å²) in [5.41, 5.74) is 6.73. The average Bonchev–Trinajstić information content (AvgIpc) is 2.65. The van der Waals surface area contributed by atoms with Gasteiger partial charge in [0, 0.05) is 29.7 Å². The zero-order chi connectivity index (χ0) is 13.3. The van der Waals surface area contributed by atoms with Gasteiger partial charge in [-0.3, -0.25) is 4.90 Å². The van der Waals surface area contributed by atoms with E-state index < -0.39 is 0 Å². The van der Waals surface area contributed by atoms with Crippen molar-refractivity contribution in [3.05, 3.63) is 34.6 Å². The number of hydrogen-bond acceptors (Lipinski definition) is 2. The first-order valence-electron chi connectivity index (χ1n) is 6.32. The molecule has 2 rings (SSSR count). The highest BCUT2D eigenvalue weighted by Gasteiger charge is 2.34. The first-order chi connectivity index (χ1) is 8.43. The quantitative estimate of drug-likeness (QED) is 0.914. The van der Waals surface area contributed by atoms with E-state index in [-0.39, 0.29) is 17.3 Å². The fourth-order valence-corrected chi connectivity index (χ4v) is 2.84. The summed E-state index contributed by atoms with van der Waals surface area (Å²) in [7, 11) is 0. The van der Waals surface area contributed by atoms with Gasteiger partial charge in [-0.25, -0.2) is 4.39 Å². The van der Waals surface area contributed by atoms with Crippen LogP contribution in [0.15, 0.2) is 18.2 Å². The van der Waals surface area contributed by atoms with E-state index in [0.717, 1.165) is 19.5 Å². The Morgan fingerprint density at radius 1 is 1.50 bits per heavy atom. The molecule has 0 saturated carbocycles. The van der Waals surface area contributed by atoms with E-state index in [1.54, 1.807) is 12.1 Å². The van der Waals surface area contributed by atoms with Crippen LogP contribution >= 0.6 is 11.6 Å². The molecule has 2 N–H and O–H groups in total. The summed E-state index contributed by atoms with van der Waals surface area (Å²) in [4.78, 5) is 2.26. The summed E-state index contributed by atoms with van der Waals surface area (Å²) >= 11 is 5.95. The molecule has 0 aliphatic carbocycles. The van der Waals surface area contributed by atoms with Crippen LogP contribution in [0.3, 0.4) is 0 Å². The van der Waals surface area contributed by atoms with Gasteiger partial charge in [-0.05, 0) is 36.6 Å². The van der Waals surface area contributed by atoms with Crippen LogP contribution in [0.25, 0.3) is 0 Å². The molecule has 0 spiro atoms. The van der Waals surface area contributed by atoms with Crippen molar-refractivity contribution in [2.75, 3.05) is 19.6 Å². The first kappa shape index (κ1) is 13.8. The molecule has 0 amide bonds. The van der Waals surface area contributed by atoms with E-state index in [1.165, 1.54) is 6.07 Å². The Balaban J connectivity index is 2.26. The highest BCUT2D eigenvalue weighted by atomic mass is 35.5. The largest absolute Gasteiger partial charge is 0.329 e. The van der Waals surface area contributed by atoms with Crippen molar-refractivity contribution in [3.63, 3.8) is 0 Å². The second kappa shape index (κ2) is 5.16. The molecule has 1 aromatic carbocycles. The van der Waals surface area contributed by atoms with E-state index in [1.807, 2.05) is 0 Å². The Morgan fingerprint density at radius 3 is 2.78 bits per heavy atom. The lowest BCUT2D eigenvalue weighted by atomic mass is 9.93. The smallest absolute Gasteiger partial charge is 0.128 e. The van der Waals surface area contributed by atoms with Crippen molar-refractivity contribution < 1.29 is 4.39 Å². The molecule has 0 aromatic heterocycles. The monoisotopic (exact) mass is 270 g/mol. The topological polar surface area (TPSA) is 29.3 Å². The third-order valence-electron chi connectivity index (χ3n) is 3.69. The molecule has 1 aliphatic heterocycles. The summed E-state index contributed by atoms with van der Waals surface area (Å²) in [6, 6.07) is 4.61. The van der Waals surface area contributed by atoms with Gasteiger partial charge in [0.1, 0.15) is 5.82 Å². The van der Waals surface area contributed by atoms with E-state index in [4.69, 9.17) is 17.3 Å². The molecule has 1 atom stereocenters. The Labute approximate surface area is 113 Å². The fraction of sp³-hybridized carbons (Fsp3) is 0.571. The maximum Gasteiger partial charge on any atom is 0.128 e. The van der Waals surface area contributed by atoms with E-state index in [9.17, 15) is 4.39 Å². The maximum absolute atomic E-state index is 13.9. The highest BCUT2D eigenvalue weighted by Crippen LogP contribution is 2.35. The predicted molar refractivity (Wildman–Crippen MR) is 73.2 cm³/mol. The van der Waals surface area contributed by atoms with Crippen LogP contribution in [0.1, 0.15) is 31.9 Å². The molecular formula is C14H20ClFN2. The van der Waals surface area contributed by atoms with Crippen LogP contribution in [0.2, 0.25) is 5.02 Å². The zero-order valence-electron chi connectivity index (χ0n) is 10.9. The lowest BCUT2D eigenvalue weighted by Gasteiger charge is -2.28. The fourth-order valence-electron chi connectivity index (χ4n) is 2.66. The van der Waals surface area contributed by atoms with Gasteiger partial charge in [0.2, 0.25) is 0 Å². The summed E-state index contributed by atoms with van der Waals surface area (Å²) < 4.78 is 13.9. The Kier molecular flexibility index (Phi) is 3.95. The van der Waals surface area contributed by atoms with Gasteiger partial charge in [-0.15, -0.1) is 0 Å². The second-order valence-electron chi connectivity index (χ2n) is 5.80. The van der Waals surface area contributed by atoms with E-state index in [0.29, 0.717) is 17.1 Å². The minimum absolute atomic E-state index is 0.0783. The molecule has 1 unspecified atom stereocenters. The van der Waals surface area contributed by atoms with Gasteiger partial charge >= 0.3 is 0 Å². The minimum atomic E-state index is -0.223. The van der Waals surface area contributed by atoms with Crippen LogP contribution in [-0.2, 0) is 0 Å². The Morgan fingerprint density at radius 2 is 2.22 bits per heavy atom. The lowest BCUT2D eigenvalue weighted by molar-refractivity contribution is 0.219. The second-order valence-corrected chi connectivity index (χ2v) is 6.24.